The Balaban J connectivity index is 1.79. The van der Waals surface area contributed by atoms with Gasteiger partial charge in [-0.25, -0.2) is 0 Å². The number of halogens is 1. The van der Waals surface area contributed by atoms with Gasteiger partial charge in [-0.15, -0.1) is 0 Å². The number of carbonyl (C=O) groups excluding carboxylic acids is 1. The molecule has 0 saturated heterocycles. The van der Waals surface area contributed by atoms with Gasteiger partial charge in [0, 0.05) is 18.1 Å². The van der Waals surface area contributed by atoms with E-state index < -0.39 is 6.10 Å². The lowest BCUT2D eigenvalue weighted by Gasteiger charge is -2.15. The molecule has 0 spiro atoms. The minimum atomic E-state index is -0.598. The third-order valence-electron chi connectivity index (χ3n) is 4.01. The van der Waals surface area contributed by atoms with Crippen LogP contribution in [0.3, 0.4) is 0 Å². The molecular formula is C21H27ClN2O3. The molecule has 1 atom stereocenters. The van der Waals surface area contributed by atoms with Gasteiger partial charge in [-0.2, -0.15) is 0 Å². The lowest BCUT2D eigenvalue weighted by molar-refractivity contribution is -0.127. The first-order chi connectivity index (χ1) is 12.8. The van der Waals surface area contributed by atoms with Gasteiger partial charge in [0.1, 0.15) is 18.1 Å². The van der Waals surface area contributed by atoms with Crippen LogP contribution in [0.25, 0.3) is 0 Å². The van der Waals surface area contributed by atoms with Crippen molar-refractivity contribution in [2.24, 2.45) is 0 Å². The summed E-state index contributed by atoms with van der Waals surface area (Å²) in [5.41, 5.74) is 1.91. The van der Waals surface area contributed by atoms with Crippen LogP contribution >= 0.6 is 11.6 Å². The molecule has 0 fully saturated rings. The lowest BCUT2D eigenvalue weighted by Crippen LogP contribution is -2.35. The summed E-state index contributed by atoms with van der Waals surface area (Å²) in [6, 6.07) is 13.0. The van der Waals surface area contributed by atoms with Crippen molar-refractivity contribution in [3.63, 3.8) is 0 Å². The highest BCUT2D eigenvalue weighted by molar-refractivity contribution is 6.31. The van der Waals surface area contributed by atoms with Gasteiger partial charge in [0.15, 0.2) is 6.10 Å². The second-order valence-corrected chi connectivity index (χ2v) is 7.09. The molecule has 146 valence electrons. The molecule has 2 aromatic rings. The molecule has 0 radical (unpaired) electrons. The highest BCUT2D eigenvalue weighted by Crippen LogP contribution is 2.22. The first-order valence-corrected chi connectivity index (χ1v) is 9.30. The molecule has 0 aliphatic rings. The van der Waals surface area contributed by atoms with Crippen molar-refractivity contribution in [3.8, 4) is 11.5 Å². The second-order valence-electron chi connectivity index (χ2n) is 6.68. The zero-order valence-corrected chi connectivity index (χ0v) is 17.0. The fraction of sp³-hybridized carbons (Fsp3) is 0.381. The number of rotatable bonds is 9. The summed E-state index contributed by atoms with van der Waals surface area (Å²) >= 11 is 6.00. The van der Waals surface area contributed by atoms with E-state index >= 15 is 0 Å². The van der Waals surface area contributed by atoms with Crippen molar-refractivity contribution in [2.45, 2.75) is 26.5 Å². The Morgan fingerprint density at radius 3 is 2.44 bits per heavy atom. The molecule has 2 rings (SSSR count). The van der Waals surface area contributed by atoms with E-state index in [2.05, 4.69) is 10.2 Å². The monoisotopic (exact) mass is 390 g/mol. The number of ether oxygens (including phenoxy) is 2. The molecule has 6 heteroatoms. The summed E-state index contributed by atoms with van der Waals surface area (Å²) in [5, 5.41) is 3.56. The SMILES string of the molecule is Cc1cc(OC(C)C(=O)NCc2ccc(OCCN(C)C)cc2)ccc1Cl. The van der Waals surface area contributed by atoms with E-state index in [1.54, 1.807) is 19.1 Å². The maximum absolute atomic E-state index is 12.3. The minimum Gasteiger partial charge on any atom is -0.492 e. The minimum absolute atomic E-state index is 0.172. The number of carbonyl (C=O) groups is 1. The van der Waals surface area contributed by atoms with Crippen LogP contribution in [-0.2, 0) is 11.3 Å². The van der Waals surface area contributed by atoms with E-state index in [0.29, 0.717) is 23.9 Å². The Kier molecular flexibility index (Phi) is 7.95. The number of aryl methyl sites for hydroxylation is 1. The Morgan fingerprint density at radius 2 is 1.81 bits per heavy atom. The fourth-order valence-electron chi connectivity index (χ4n) is 2.33. The van der Waals surface area contributed by atoms with Gasteiger partial charge in [-0.05, 0) is 69.4 Å². The molecule has 2 aromatic carbocycles. The van der Waals surface area contributed by atoms with Gasteiger partial charge in [-0.3, -0.25) is 4.79 Å². The zero-order valence-electron chi connectivity index (χ0n) is 16.3. The van der Waals surface area contributed by atoms with E-state index in [9.17, 15) is 4.79 Å². The molecule has 1 amide bonds. The van der Waals surface area contributed by atoms with Gasteiger partial charge in [0.25, 0.3) is 5.91 Å². The molecule has 0 heterocycles. The summed E-state index contributed by atoms with van der Waals surface area (Å²) in [7, 11) is 4.02. The van der Waals surface area contributed by atoms with Crippen LogP contribution in [0.4, 0.5) is 0 Å². The maximum atomic E-state index is 12.3. The summed E-state index contributed by atoms with van der Waals surface area (Å²) in [6.45, 7) is 5.56. The average Bonchev–Trinajstić information content (AvgIpc) is 2.63. The van der Waals surface area contributed by atoms with E-state index in [4.69, 9.17) is 21.1 Å². The molecule has 0 aliphatic carbocycles. The van der Waals surface area contributed by atoms with Gasteiger partial charge >= 0.3 is 0 Å². The number of likely N-dealkylation sites (N-methyl/N-ethyl adjacent to an activating group) is 1. The number of nitrogens with one attached hydrogen (secondary N) is 1. The Morgan fingerprint density at radius 1 is 1.15 bits per heavy atom. The molecule has 0 aliphatic heterocycles. The molecular weight excluding hydrogens is 364 g/mol. The van der Waals surface area contributed by atoms with Crippen molar-refractivity contribution in [2.75, 3.05) is 27.2 Å². The molecule has 1 unspecified atom stereocenters. The molecule has 1 N–H and O–H groups in total. The van der Waals surface area contributed by atoms with Crippen molar-refractivity contribution in [1.82, 2.24) is 10.2 Å². The normalized spacial score (nSPS) is 11.9. The average molecular weight is 391 g/mol. The number of benzene rings is 2. The van der Waals surface area contributed by atoms with Gasteiger partial charge in [0.2, 0.25) is 0 Å². The third kappa shape index (κ3) is 7.12. The standard InChI is InChI=1S/C21H27ClN2O3/c1-15-13-19(9-10-20(15)22)27-16(2)21(25)23-14-17-5-7-18(8-6-17)26-12-11-24(3)4/h5-10,13,16H,11-12,14H2,1-4H3,(H,23,25). The first kappa shape index (κ1) is 21.1. The van der Waals surface area contributed by atoms with Gasteiger partial charge < -0.3 is 19.7 Å². The second kappa shape index (κ2) is 10.2. The van der Waals surface area contributed by atoms with E-state index in [0.717, 1.165) is 23.4 Å². The third-order valence-corrected chi connectivity index (χ3v) is 4.43. The van der Waals surface area contributed by atoms with Gasteiger partial charge in [0.05, 0.1) is 0 Å². The van der Waals surface area contributed by atoms with Crippen LogP contribution in [-0.4, -0.2) is 44.2 Å². The highest BCUT2D eigenvalue weighted by atomic mass is 35.5. The van der Waals surface area contributed by atoms with Crippen LogP contribution in [0, 0.1) is 6.92 Å². The lowest BCUT2D eigenvalue weighted by atomic mass is 10.2. The molecule has 0 aromatic heterocycles. The van der Waals surface area contributed by atoms with Crippen LogP contribution in [0.2, 0.25) is 5.02 Å². The van der Waals surface area contributed by atoms with Crippen molar-refractivity contribution >= 4 is 17.5 Å². The van der Waals surface area contributed by atoms with E-state index in [1.807, 2.05) is 51.4 Å². The van der Waals surface area contributed by atoms with Crippen LogP contribution in [0.1, 0.15) is 18.1 Å². The molecule has 5 nitrogen and oxygen atoms in total. The number of nitrogens with zero attached hydrogens (tertiary/aromatic N) is 1. The van der Waals surface area contributed by atoms with Crippen LogP contribution < -0.4 is 14.8 Å². The van der Waals surface area contributed by atoms with Crippen molar-refractivity contribution in [3.05, 3.63) is 58.6 Å². The number of amides is 1. The Bertz CT molecular complexity index is 748. The van der Waals surface area contributed by atoms with E-state index in [1.165, 1.54) is 0 Å². The summed E-state index contributed by atoms with van der Waals surface area (Å²) in [6.07, 6.45) is -0.598. The Hall–Kier alpha value is -2.24. The smallest absolute Gasteiger partial charge is 0.261 e. The quantitative estimate of drug-likeness (QED) is 0.709. The van der Waals surface area contributed by atoms with Crippen LogP contribution in [0.15, 0.2) is 42.5 Å². The predicted octanol–water partition coefficient (Wildman–Crippen LogP) is 3.67. The molecule has 0 bridgehead atoms. The fourth-order valence-corrected chi connectivity index (χ4v) is 2.45. The summed E-state index contributed by atoms with van der Waals surface area (Å²) in [4.78, 5) is 14.3. The van der Waals surface area contributed by atoms with Gasteiger partial charge in [-0.1, -0.05) is 23.7 Å². The number of hydrogen-bond donors (Lipinski definition) is 1. The van der Waals surface area contributed by atoms with E-state index in [-0.39, 0.29) is 5.91 Å². The van der Waals surface area contributed by atoms with Crippen molar-refractivity contribution in [1.29, 1.82) is 0 Å². The highest BCUT2D eigenvalue weighted by Gasteiger charge is 2.14. The maximum Gasteiger partial charge on any atom is 0.261 e. The molecule has 27 heavy (non-hydrogen) atoms. The first-order valence-electron chi connectivity index (χ1n) is 8.92. The summed E-state index contributed by atoms with van der Waals surface area (Å²) < 4.78 is 11.4. The number of hydrogen-bond acceptors (Lipinski definition) is 4. The topological polar surface area (TPSA) is 50.8 Å². The van der Waals surface area contributed by atoms with Crippen molar-refractivity contribution < 1.29 is 14.3 Å². The molecule has 0 saturated carbocycles. The largest absolute Gasteiger partial charge is 0.492 e. The predicted molar refractivity (Wildman–Crippen MR) is 109 cm³/mol. The summed E-state index contributed by atoms with van der Waals surface area (Å²) in [5.74, 6) is 1.27. The zero-order chi connectivity index (χ0) is 19.8. The van der Waals surface area contributed by atoms with Crippen LogP contribution in [0.5, 0.6) is 11.5 Å². The Labute approximate surface area is 166 Å².